The Morgan fingerprint density at radius 3 is 2.28 bits per heavy atom. The lowest BCUT2D eigenvalue weighted by molar-refractivity contribution is 0.0949. The van der Waals surface area contributed by atoms with E-state index in [1.165, 1.54) is 26.3 Å². The quantitative estimate of drug-likeness (QED) is 0.378. The summed E-state index contributed by atoms with van der Waals surface area (Å²) in [6.07, 6.45) is 5.08. The molecule has 1 aromatic carbocycles. The van der Waals surface area contributed by atoms with Gasteiger partial charge in [0.25, 0.3) is 0 Å². The van der Waals surface area contributed by atoms with Gasteiger partial charge >= 0.3 is 0 Å². The number of pyridine rings is 1. The minimum atomic E-state index is -4.25. The van der Waals surface area contributed by atoms with Crippen LogP contribution in [0.25, 0.3) is 17.1 Å². The number of para-hydroxylation sites is 1. The molecular formula is C23H23F2N7O3S. The topological polar surface area (TPSA) is 125 Å². The van der Waals surface area contributed by atoms with Crippen molar-refractivity contribution < 1.29 is 21.9 Å². The molecule has 0 radical (unpaired) electrons. The summed E-state index contributed by atoms with van der Waals surface area (Å²) in [5.74, 6) is -2.14. The molecule has 188 valence electrons. The Bertz CT molecular complexity index is 1470. The summed E-state index contributed by atoms with van der Waals surface area (Å²) in [5, 5.41) is 6.71. The fraction of sp³-hybridized carbons (Fsp3) is 0.261. The zero-order valence-corrected chi connectivity index (χ0v) is 20.7. The summed E-state index contributed by atoms with van der Waals surface area (Å²) < 4.78 is 65.1. The Morgan fingerprint density at radius 2 is 1.67 bits per heavy atom. The van der Waals surface area contributed by atoms with Gasteiger partial charge in [-0.3, -0.25) is 14.3 Å². The second-order valence-corrected chi connectivity index (χ2v) is 10.2. The first-order valence-corrected chi connectivity index (χ1v) is 12.3. The molecule has 10 nitrogen and oxygen atoms in total. The smallest absolute Gasteiger partial charge is 0.243 e. The zero-order chi connectivity index (χ0) is 26.0. The maximum Gasteiger partial charge on any atom is 0.243 e. The first kappa shape index (κ1) is 25.3. The first-order chi connectivity index (χ1) is 17.1. The molecule has 0 aliphatic heterocycles. The first-order valence-electron chi connectivity index (χ1n) is 10.8. The summed E-state index contributed by atoms with van der Waals surface area (Å²) in [6.45, 7) is 4.98. The molecule has 36 heavy (non-hydrogen) atoms. The molecule has 4 aromatic rings. The van der Waals surface area contributed by atoms with Crippen LogP contribution in [0.1, 0.15) is 30.0 Å². The van der Waals surface area contributed by atoms with Crippen LogP contribution in [0.2, 0.25) is 0 Å². The normalized spacial score (nSPS) is 13.4. The van der Waals surface area contributed by atoms with Gasteiger partial charge in [0.2, 0.25) is 16.0 Å². The highest BCUT2D eigenvalue weighted by molar-refractivity contribution is 7.93. The van der Waals surface area contributed by atoms with Gasteiger partial charge in [0.15, 0.2) is 11.6 Å². The third kappa shape index (κ3) is 4.93. The third-order valence-electron chi connectivity index (χ3n) is 5.42. The van der Waals surface area contributed by atoms with Crippen LogP contribution < -0.4 is 4.72 Å². The number of nitrogens with zero attached hydrogens (tertiary/aromatic N) is 6. The Kier molecular flexibility index (Phi) is 7.04. The Labute approximate surface area is 206 Å². The van der Waals surface area contributed by atoms with E-state index in [0.717, 1.165) is 27.8 Å². The lowest BCUT2D eigenvalue weighted by Gasteiger charge is -2.22. The van der Waals surface area contributed by atoms with Gasteiger partial charge in [0.1, 0.15) is 28.7 Å². The monoisotopic (exact) mass is 515 g/mol. The highest BCUT2D eigenvalue weighted by atomic mass is 32.2. The number of rotatable bonds is 8. The van der Waals surface area contributed by atoms with Gasteiger partial charge in [-0.25, -0.2) is 27.2 Å². The van der Waals surface area contributed by atoms with Gasteiger partial charge in [-0.05, 0) is 50.1 Å². The molecule has 2 unspecified atom stereocenters. The molecule has 1 N–H and O–H groups in total. The van der Waals surface area contributed by atoms with Crippen molar-refractivity contribution in [1.29, 1.82) is 0 Å². The van der Waals surface area contributed by atoms with Crippen molar-refractivity contribution in [3.63, 3.8) is 0 Å². The molecule has 0 saturated heterocycles. The number of aryl methyl sites for hydroxylation is 2. The van der Waals surface area contributed by atoms with E-state index in [9.17, 15) is 17.2 Å². The number of halogens is 2. The number of hydrogen-bond acceptors (Lipinski definition) is 8. The maximum absolute atomic E-state index is 14.9. The van der Waals surface area contributed by atoms with Gasteiger partial charge in [-0.1, -0.05) is 6.07 Å². The van der Waals surface area contributed by atoms with Gasteiger partial charge in [-0.15, -0.1) is 10.2 Å². The molecule has 3 aromatic heterocycles. The molecule has 0 amide bonds. The summed E-state index contributed by atoms with van der Waals surface area (Å²) in [7, 11) is -2.92. The third-order valence-corrected chi connectivity index (χ3v) is 7.11. The highest BCUT2D eigenvalue weighted by Crippen LogP contribution is 2.30. The van der Waals surface area contributed by atoms with Crippen LogP contribution >= 0.6 is 0 Å². The van der Waals surface area contributed by atoms with Crippen LogP contribution in [0, 0.1) is 25.5 Å². The molecule has 0 aliphatic carbocycles. The summed E-state index contributed by atoms with van der Waals surface area (Å²) >= 11 is 0. The zero-order valence-electron chi connectivity index (χ0n) is 19.8. The number of aromatic nitrogens is 6. The summed E-state index contributed by atoms with van der Waals surface area (Å²) in [5.41, 5.74) is 1.38. The molecule has 13 heteroatoms. The van der Waals surface area contributed by atoms with Crippen LogP contribution in [-0.2, 0) is 14.8 Å². The SMILES string of the molecule is COC(c1ncc(C)cn1)C(C)S(=O)(=O)Nc1nnc(-c2cncc(C)c2)n1-c1c(F)cccc1F. The van der Waals surface area contributed by atoms with E-state index in [0.29, 0.717) is 5.56 Å². The molecule has 2 atom stereocenters. The lowest BCUT2D eigenvalue weighted by Crippen LogP contribution is -2.33. The molecular weight excluding hydrogens is 492 g/mol. The van der Waals surface area contributed by atoms with E-state index in [4.69, 9.17) is 4.74 Å². The van der Waals surface area contributed by atoms with Crippen molar-refractivity contribution in [2.75, 3.05) is 11.8 Å². The molecule has 3 heterocycles. The van der Waals surface area contributed by atoms with Crippen LogP contribution in [0.3, 0.4) is 0 Å². The predicted octanol–water partition coefficient (Wildman–Crippen LogP) is 3.53. The van der Waals surface area contributed by atoms with Crippen LogP contribution in [0.15, 0.2) is 49.1 Å². The Hall–Kier alpha value is -3.84. The van der Waals surface area contributed by atoms with Gasteiger partial charge < -0.3 is 4.74 Å². The van der Waals surface area contributed by atoms with Gasteiger partial charge in [-0.2, -0.15) is 0 Å². The van der Waals surface area contributed by atoms with Crippen molar-refractivity contribution in [3.05, 3.63) is 77.6 Å². The standard InChI is InChI=1S/C23H23F2N7O3S/c1-13-8-16(12-26-9-13)22-29-30-23(32(22)19-17(24)6-5-7-18(19)25)31-36(33,34)15(3)20(35-4)21-27-10-14(2)11-28-21/h5-12,15,20H,1-4H3,(H,30,31). The Balaban J connectivity index is 1.80. The van der Waals surface area contributed by atoms with Crippen molar-refractivity contribution in [1.82, 2.24) is 29.7 Å². The maximum atomic E-state index is 14.9. The van der Waals surface area contributed by atoms with Crippen molar-refractivity contribution in [3.8, 4) is 17.1 Å². The summed E-state index contributed by atoms with van der Waals surface area (Å²) in [4.78, 5) is 12.4. The minimum Gasteiger partial charge on any atom is -0.372 e. The predicted molar refractivity (Wildman–Crippen MR) is 128 cm³/mol. The molecule has 0 bridgehead atoms. The summed E-state index contributed by atoms with van der Waals surface area (Å²) in [6, 6.07) is 4.98. The van der Waals surface area contributed by atoms with E-state index in [1.807, 2.05) is 0 Å². The van der Waals surface area contributed by atoms with Crippen LogP contribution in [0.5, 0.6) is 0 Å². The fourth-order valence-electron chi connectivity index (χ4n) is 3.57. The average Bonchev–Trinajstić information content (AvgIpc) is 3.23. The second-order valence-electron chi connectivity index (χ2n) is 8.13. The Morgan fingerprint density at radius 1 is 1.00 bits per heavy atom. The van der Waals surface area contributed by atoms with Gasteiger partial charge in [0.05, 0.1) is 0 Å². The molecule has 4 rings (SSSR count). The largest absolute Gasteiger partial charge is 0.372 e. The van der Waals surface area contributed by atoms with Crippen molar-refractivity contribution >= 4 is 16.0 Å². The number of nitrogens with one attached hydrogen (secondary N) is 1. The molecule has 0 aliphatic rings. The molecule has 0 spiro atoms. The van der Waals surface area contributed by atoms with Crippen molar-refractivity contribution in [2.45, 2.75) is 32.1 Å². The lowest BCUT2D eigenvalue weighted by atomic mass is 10.2. The molecule has 0 saturated carbocycles. The van der Waals surface area contributed by atoms with E-state index in [-0.39, 0.29) is 11.6 Å². The fourth-order valence-corrected chi connectivity index (χ4v) is 4.70. The van der Waals surface area contributed by atoms with Crippen molar-refractivity contribution in [2.24, 2.45) is 0 Å². The van der Waals surface area contributed by atoms with E-state index >= 15 is 0 Å². The number of benzene rings is 1. The minimum absolute atomic E-state index is 0.00860. The van der Waals surface area contributed by atoms with E-state index in [1.54, 1.807) is 38.5 Å². The highest BCUT2D eigenvalue weighted by Gasteiger charge is 2.35. The number of methoxy groups -OCH3 is 1. The number of sulfonamides is 1. The van der Waals surface area contributed by atoms with Crippen LogP contribution in [0.4, 0.5) is 14.7 Å². The number of ether oxygens (including phenoxy) is 1. The average molecular weight is 516 g/mol. The van der Waals surface area contributed by atoms with E-state index in [2.05, 4.69) is 29.9 Å². The molecule has 0 fully saturated rings. The van der Waals surface area contributed by atoms with Crippen LogP contribution in [-0.4, -0.2) is 50.5 Å². The van der Waals surface area contributed by atoms with E-state index < -0.39 is 44.6 Å². The number of hydrogen-bond donors (Lipinski definition) is 1. The second kappa shape index (κ2) is 10.0. The number of anilines is 1. The van der Waals surface area contributed by atoms with Gasteiger partial charge in [0, 0.05) is 37.5 Å².